The highest BCUT2D eigenvalue weighted by atomic mass is 32.2. The molecular weight excluding hydrogens is 421 g/mol. The Bertz CT molecular complexity index is 945. The summed E-state index contributed by atoms with van der Waals surface area (Å²) in [5, 5.41) is 9.02. The van der Waals surface area contributed by atoms with Crippen molar-refractivity contribution >= 4 is 15.9 Å². The van der Waals surface area contributed by atoms with Crippen LogP contribution in [-0.2, 0) is 21.1 Å². The van der Waals surface area contributed by atoms with E-state index in [0.717, 1.165) is 6.07 Å². The Balaban J connectivity index is 1.92. The molecule has 2 atom stereocenters. The van der Waals surface area contributed by atoms with Gasteiger partial charge in [0, 0.05) is 58.5 Å². The zero-order valence-electron chi connectivity index (χ0n) is 17.1. The quantitative estimate of drug-likeness (QED) is 0.693. The number of fused-ring (bicyclic) bond motifs is 1. The average molecular weight is 446 g/mol. The van der Waals surface area contributed by atoms with E-state index in [1.165, 1.54) is 34.8 Å². The molecule has 1 aromatic carbocycles. The third-order valence-corrected chi connectivity index (χ3v) is 8.02. The maximum Gasteiger partial charge on any atom is 0.417 e. The van der Waals surface area contributed by atoms with Gasteiger partial charge in [0.1, 0.15) is 0 Å². The van der Waals surface area contributed by atoms with Crippen LogP contribution >= 0.6 is 0 Å². The predicted octanol–water partition coefficient (Wildman–Crippen LogP) is 2.16. The fraction of sp³-hybridized carbons (Fsp3) is 0.632. The molecule has 166 valence electrons. The van der Waals surface area contributed by atoms with Gasteiger partial charge in [0.15, 0.2) is 0 Å². The van der Waals surface area contributed by atoms with Crippen molar-refractivity contribution in [3.05, 3.63) is 29.3 Å². The first-order chi connectivity index (χ1) is 13.9. The lowest BCUT2D eigenvalue weighted by Crippen LogP contribution is -2.53. The number of hydrogen-bond acceptors (Lipinski definition) is 5. The van der Waals surface area contributed by atoms with Crippen molar-refractivity contribution < 1.29 is 26.3 Å². The van der Waals surface area contributed by atoms with Crippen LogP contribution in [0.15, 0.2) is 18.2 Å². The molecule has 0 radical (unpaired) electrons. The number of nitrogens with zero attached hydrogens (tertiary/aromatic N) is 4. The van der Waals surface area contributed by atoms with Gasteiger partial charge in [-0.1, -0.05) is 0 Å². The first kappa shape index (κ1) is 22.8. The summed E-state index contributed by atoms with van der Waals surface area (Å²) in [6.07, 6.45) is -4.08. The molecule has 11 heteroatoms. The standard InChI is InChI=1S/C19H25F3N4O3S/c1-24(2)30(27,28)26-7-6-18(13-29-3)12-25(10-15(18)11-26)16-5-4-14(9-23)17(8-16)19(20,21)22/h4-5,8,15H,6-7,10-13H2,1-3H3/t15-,18-/m0/s1. The molecule has 7 nitrogen and oxygen atoms in total. The van der Waals surface area contributed by atoms with Gasteiger partial charge in [0.25, 0.3) is 10.2 Å². The molecule has 0 amide bonds. The molecule has 1 aromatic rings. The van der Waals surface area contributed by atoms with E-state index >= 15 is 0 Å². The van der Waals surface area contributed by atoms with Gasteiger partial charge in [-0.05, 0) is 30.5 Å². The number of anilines is 1. The number of nitriles is 1. The Morgan fingerprint density at radius 2 is 2.03 bits per heavy atom. The summed E-state index contributed by atoms with van der Waals surface area (Å²) in [5.74, 6) is -0.0918. The van der Waals surface area contributed by atoms with Crippen LogP contribution in [0.25, 0.3) is 0 Å². The lowest BCUT2D eigenvalue weighted by atomic mass is 9.74. The first-order valence-corrected chi connectivity index (χ1v) is 10.9. The molecule has 0 bridgehead atoms. The van der Waals surface area contributed by atoms with Crippen LogP contribution in [0.4, 0.5) is 18.9 Å². The molecule has 0 aromatic heterocycles. The second-order valence-corrected chi connectivity index (χ2v) is 10.3. The van der Waals surface area contributed by atoms with Gasteiger partial charge < -0.3 is 9.64 Å². The Hall–Kier alpha value is -1.87. The summed E-state index contributed by atoms with van der Waals surface area (Å²) < 4.78 is 73.3. The molecule has 2 aliphatic heterocycles. The number of benzene rings is 1. The normalized spacial score (nSPS) is 25.4. The third-order valence-electron chi connectivity index (χ3n) is 6.11. The van der Waals surface area contributed by atoms with Crippen LogP contribution < -0.4 is 4.90 Å². The summed E-state index contributed by atoms with van der Waals surface area (Å²) in [6.45, 7) is 1.88. The van der Waals surface area contributed by atoms with Crippen LogP contribution in [0, 0.1) is 22.7 Å². The SMILES string of the molecule is COC[C@@]12CCN(S(=O)(=O)N(C)C)C[C@@H]1CN(c1ccc(C#N)c(C(F)(F)F)c1)C2. The van der Waals surface area contributed by atoms with E-state index in [2.05, 4.69) is 0 Å². The predicted molar refractivity (Wildman–Crippen MR) is 105 cm³/mol. The van der Waals surface area contributed by atoms with Gasteiger partial charge in [0.05, 0.1) is 23.8 Å². The summed E-state index contributed by atoms with van der Waals surface area (Å²) in [5.41, 5.74) is -1.36. The summed E-state index contributed by atoms with van der Waals surface area (Å²) in [6, 6.07) is 5.30. The Kier molecular flexibility index (Phi) is 6.08. The fourth-order valence-electron chi connectivity index (χ4n) is 4.47. The second-order valence-electron chi connectivity index (χ2n) is 8.11. The van der Waals surface area contributed by atoms with Gasteiger partial charge in [-0.15, -0.1) is 0 Å². The average Bonchev–Trinajstić information content (AvgIpc) is 3.05. The fourth-order valence-corrected chi connectivity index (χ4v) is 5.63. The van der Waals surface area contributed by atoms with Crippen molar-refractivity contribution in [1.29, 1.82) is 5.26 Å². The van der Waals surface area contributed by atoms with Crippen LogP contribution in [0.5, 0.6) is 0 Å². The van der Waals surface area contributed by atoms with Gasteiger partial charge in [-0.2, -0.15) is 35.5 Å². The molecule has 2 aliphatic rings. The number of ether oxygens (including phenoxy) is 1. The van der Waals surface area contributed by atoms with E-state index in [1.54, 1.807) is 13.2 Å². The number of hydrogen-bond donors (Lipinski definition) is 0. The van der Waals surface area contributed by atoms with Crippen molar-refractivity contribution in [2.45, 2.75) is 12.6 Å². The molecule has 0 saturated carbocycles. The van der Waals surface area contributed by atoms with Gasteiger partial charge >= 0.3 is 6.18 Å². The minimum Gasteiger partial charge on any atom is -0.384 e. The van der Waals surface area contributed by atoms with E-state index in [1.807, 2.05) is 4.90 Å². The highest BCUT2D eigenvalue weighted by molar-refractivity contribution is 7.86. The number of rotatable bonds is 5. The third kappa shape index (κ3) is 4.01. The minimum atomic E-state index is -4.63. The molecule has 2 heterocycles. The van der Waals surface area contributed by atoms with E-state index in [-0.39, 0.29) is 17.9 Å². The van der Waals surface area contributed by atoms with Crippen molar-refractivity contribution in [2.75, 3.05) is 58.9 Å². The summed E-state index contributed by atoms with van der Waals surface area (Å²) in [7, 11) is 0.945. The highest BCUT2D eigenvalue weighted by Crippen LogP contribution is 2.46. The smallest absolute Gasteiger partial charge is 0.384 e. The second kappa shape index (κ2) is 8.00. The number of methoxy groups -OCH3 is 1. The van der Waals surface area contributed by atoms with Crippen LogP contribution in [0.1, 0.15) is 17.5 Å². The molecule has 0 N–H and O–H groups in total. The zero-order valence-corrected chi connectivity index (χ0v) is 17.9. The van der Waals surface area contributed by atoms with Crippen molar-refractivity contribution in [3.63, 3.8) is 0 Å². The van der Waals surface area contributed by atoms with Gasteiger partial charge in [-0.25, -0.2) is 0 Å². The topological polar surface area (TPSA) is 76.9 Å². The Morgan fingerprint density at radius 3 is 2.60 bits per heavy atom. The van der Waals surface area contributed by atoms with E-state index < -0.39 is 27.5 Å². The monoisotopic (exact) mass is 446 g/mol. The van der Waals surface area contributed by atoms with Gasteiger partial charge in [-0.3, -0.25) is 0 Å². The van der Waals surface area contributed by atoms with Crippen molar-refractivity contribution in [2.24, 2.45) is 11.3 Å². The lowest BCUT2D eigenvalue weighted by Gasteiger charge is -2.42. The lowest BCUT2D eigenvalue weighted by molar-refractivity contribution is -0.137. The number of alkyl halides is 3. The largest absolute Gasteiger partial charge is 0.417 e. The Labute approximate surface area is 174 Å². The molecule has 0 aliphatic carbocycles. The molecular formula is C19H25F3N4O3S. The molecule has 0 spiro atoms. The molecule has 2 saturated heterocycles. The zero-order chi connectivity index (χ0) is 22.3. The van der Waals surface area contributed by atoms with E-state index in [9.17, 15) is 21.6 Å². The minimum absolute atomic E-state index is 0.0918. The number of piperidine rings is 1. The van der Waals surface area contributed by atoms with Crippen LogP contribution in [0.2, 0.25) is 0 Å². The first-order valence-electron chi connectivity index (χ1n) is 9.47. The van der Waals surface area contributed by atoms with E-state index in [4.69, 9.17) is 10.00 Å². The maximum absolute atomic E-state index is 13.4. The molecule has 3 rings (SSSR count). The van der Waals surface area contributed by atoms with Crippen LogP contribution in [0.3, 0.4) is 0 Å². The maximum atomic E-state index is 13.4. The van der Waals surface area contributed by atoms with E-state index in [0.29, 0.717) is 38.3 Å². The molecule has 30 heavy (non-hydrogen) atoms. The summed E-state index contributed by atoms with van der Waals surface area (Å²) >= 11 is 0. The van der Waals surface area contributed by atoms with Crippen molar-refractivity contribution in [3.8, 4) is 6.07 Å². The van der Waals surface area contributed by atoms with Gasteiger partial charge in [0.2, 0.25) is 0 Å². The highest BCUT2D eigenvalue weighted by Gasteiger charge is 2.51. The Morgan fingerprint density at radius 1 is 1.33 bits per heavy atom. The van der Waals surface area contributed by atoms with Crippen molar-refractivity contribution in [1.82, 2.24) is 8.61 Å². The summed E-state index contributed by atoms with van der Waals surface area (Å²) in [4.78, 5) is 1.84. The van der Waals surface area contributed by atoms with Crippen LogP contribution in [-0.4, -0.2) is 71.0 Å². The molecule has 2 fully saturated rings. The molecule has 0 unspecified atom stereocenters. The number of halogens is 3.